The Hall–Kier alpha value is -2.11. The van der Waals surface area contributed by atoms with Crippen LogP contribution in [0.2, 0.25) is 0 Å². The fourth-order valence-electron chi connectivity index (χ4n) is 2.50. The third kappa shape index (κ3) is 4.43. The second-order valence-electron chi connectivity index (χ2n) is 5.55. The lowest BCUT2D eigenvalue weighted by Gasteiger charge is -2.09. The third-order valence-electron chi connectivity index (χ3n) is 3.85. The molecule has 0 aliphatic rings. The molecule has 0 aliphatic carbocycles. The maximum Gasteiger partial charge on any atom is 0.105 e. The summed E-state index contributed by atoms with van der Waals surface area (Å²) in [6.07, 6.45) is 5.73. The van der Waals surface area contributed by atoms with Gasteiger partial charge in [-0.05, 0) is 25.0 Å². The van der Waals surface area contributed by atoms with Crippen molar-refractivity contribution in [1.29, 1.82) is 0 Å². The lowest BCUT2D eigenvalue weighted by Crippen LogP contribution is -2.13. The van der Waals surface area contributed by atoms with E-state index in [1.54, 1.807) is 0 Å². The van der Waals surface area contributed by atoms with E-state index in [9.17, 15) is 0 Å². The number of aromatic amines is 1. The van der Waals surface area contributed by atoms with Crippen molar-refractivity contribution < 1.29 is 0 Å². The molecular formula is C17H22ClN5. The summed E-state index contributed by atoms with van der Waals surface area (Å²) in [5.74, 6) is 1.04. The van der Waals surface area contributed by atoms with E-state index in [2.05, 4.69) is 49.3 Å². The fourth-order valence-corrected chi connectivity index (χ4v) is 2.50. The van der Waals surface area contributed by atoms with Crippen LogP contribution in [0, 0.1) is 13.8 Å². The van der Waals surface area contributed by atoms with Gasteiger partial charge in [0.15, 0.2) is 0 Å². The van der Waals surface area contributed by atoms with Crippen molar-refractivity contribution in [3.63, 3.8) is 0 Å². The van der Waals surface area contributed by atoms with Crippen LogP contribution in [-0.2, 0) is 19.6 Å². The van der Waals surface area contributed by atoms with Crippen molar-refractivity contribution in [3.05, 3.63) is 71.1 Å². The monoisotopic (exact) mass is 331 g/mol. The van der Waals surface area contributed by atoms with Crippen LogP contribution < -0.4 is 5.32 Å². The quantitative estimate of drug-likeness (QED) is 0.730. The summed E-state index contributed by atoms with van der Waals surface area (Å²) in [4.78, 5) is 4.26. The molecule has 0 atom stereocenters. The van der Waals surface area contributed by atoms with Crippen LogP contribution in [0.5, 0.6) is 0 Å². The zero-order valence-electron chi connectivity index (χ0n) is 13.4. The summed E-state index contributed by atoms with van der Waals surface area (Å²) in [5.41, 5.74) is 4.92. The number of H-pyrrole nitrogens is 1. The number of benzene rings is 1. The van der Waals surface area contributed by atoms with E-state index in [4.69, 9.17) is 0 Å². The van der Waals surface area contributed by atoms with E-state index in [-0.39, 0.29) is 12.4 Å². The number of hydrogen-bond acceptors (Lipinski definition) is 3. The van der Waals surface area contributed by atoms with Crippen LogP contribution in [0.15, 0.2) is 42.9 Å². The second-order valence-corrected chi connectivity index (χ2v) is 5.55. The number of imidazole rings is 1. The zero-order valence-corrected chi connectivity index (χ0v) is 14.2. The van der Waals surface area contributed by atoms with Gasteiger partial charge in [-0.2, -0.15) is 5.10 Å². The summed E-state index contributed by atoms with van der Waals surface area (Å²) in [6.45, 7) is 6.60. The number of hydrogen-bond donors (Lipinski definition) is 2. The maximum absolute atomic E-state index is 4.26. The predicted octanol–water partition coefficient (Wildman–Crippen LogP) is 2.98. The molecule has 0 fully saturated rings. The molecule has 5 nitrogen and oxygen atoms in total. The highest BCUT2D eigenvalue weighted by atomic mass is 35.5. The average Bonchev–Trinajstić information content (AvgIpc) is 3.09. The van der Waals surface area contributed by atoms with E-state index in [1.165, 1.54) is 16.7 Å². The molecule has 122 valence electrons. The molecule has 2 aromatic heterocycles. The molecule has 0 bridgehead atoms. The van der Waals surface area contributed by atoms with E-state index in [0.717, 1.165) is 31.2 Å². The van der Waals surface area contributed by atoms with Crippen molar-refractivity contribution >= 4 is 12.4 Å². The summed E-state index contributed by atoms with van der Waals surface area (Å²) in [7, 11) is 0. The summed E-state index contributed by atoms with van der Waals surface area (Å²) < 4.78 is 2.15. The molecule has 0 saturated heterocycles. The topological polar surface area (TPSA) is 58.5 Å². The van der Waals surface area contributed by atoms with E-state index >= 15 is 0 Å². The molecule has 3 aromatic rings. The predicted molar refractivity (Wildman–Crippen MR) is 93.6 cm³/mol. The van der Waals surface area contributed by atoms with Gasteiger partial charge in [-0.25, -0.2) is 4.98 Å². The SMILES string of the molecule is Cc1[nH]ncc1CNCc1cccc(Cn2ccnc2C)c1.Cl. The van der Waals surface area contributed by atoms with Crippen LogP contribution in [0.1, 0.15) is 28.2 Å². The molecule has 3 rings (SSSR count). The van der Waals surface area contributed by atoms with Crippen LogP contribution in [0.25, 0.3) is 0 Å². The van der Waals surface area contributed by atoms with E-state index < -0.39 is 0 Å². The Kier molecular flexibility index (Phi) is 5.96. The van der Waals surface area contributed by atoms with Crippen LogP contribution >= 0.6 is 12.4 Å². The number of halogens is 1. The number of aromatic nitrogens is 4. The molecule has 0 radical (unpaired) electrons. The van der Waals surface area contributed by atoms with Crippen molar-refractivity contribution in [2.24, 2.45) is 0 Å². The Morgan fingerprint density at radius 2 is 2.00 bits per heavy atom. The smallest absolute Gasteiger partial charge is 0.105 e. The number of nitrogens with zero attached hydrogens (tertiary/aromatic N) is 3. The molecule has 0 spiro atoms. The Labute approximate surface area is 142 Å². The van der Waals surface area contributed by atoms with Gasteiger partial charge in [-0.1, -0.05) is 24.3 Å². The first-order chi connectivity index (χ1) is 10.7. The summed E-state index contributed by atoms with van der Waals surface area (Å²) in [5, 5.41) is 10.5. The van der Waals surface area contributed by atoms with Gasteiger partial charge in [0, 0.05) is 43.3 Å². The lowest BCUT2D eigenvalue weighted by molar-refractivity contribution is 0.688. The Morgan fingerprint density at radius 3 is 2.70 bits per heavy atom. The van der Waals surface area contributed by atoms with Gasteiger partial charge in [0.2, 0.25) is 0 Å². The van der Waals surface area contributed by atoms with Gasteiger partial charge in [0.1, 0.15) is 5.82 Å². The molecule has 2 heterocycles. The van der Waals surface area contributed by atoms with Crippen LogP contribution in [0.3, 0.4) is 0 Å². The first-order valence-corrected chi connectivity index (χ1v) is 7.47. The highest BCUT2D eigenvalue weighted by molar-refractivity contribution is 5.85. The van der Waals surface area contributed by atoms with Gasteiger partial charge < -0.3 is 9.88 Å². The summed E-state index contributed by atoms with van der Waals surface area (Å²) in [6, 6.07) is 8.67. The molecule has 6 heteroatoms. The minimum atomic E-state index is 0. The highest BCUT2D eigenvalue weighted by Crippen LogP contribution is 2.09. The fraction of sp³-hybridized carbons (Fsp3) is 0.294. The van der Waals surface area contributed by atoms with Gasteiger partial charge in [-0.15, -0.1) is 12.4 Å². The molecule has 0 unspecified atom stereocenters. The van der Waals surface area contributed by atoms with Crippen LogP contribution in [0.4, 0.5) is 0 Å². The van der Waals surface area contributed by atoms with E-state index in [1.807, 2.05) is 32.4 Å². The Bertz CT molecular complexity index is 747. The standard InChI is InChI=1S/C17H21N5.ClH/c1-13-17(11-20-21-13)10-18-9-15-4-3-5-16(8-15)12-22-7-6-19-14(22)2;/h3-8,11,18H,9-10,12H2,1-2H3,(H,20,21);1H. The van der Waals surface area contributed by atoms with Gasteiger partial charge in [-0.3, -0.25) is 5.10 Å². The first-order valence-electron chi connectivity index (χ1n) is 7.47. The van der Waals surface area contributed by atoms with Crippen LogP contribution in [-0.4, -0.2) is 19.7 Å². The molecule has 0 saturated carbocycles. The molecule has 0 amide bonds. The maximum atomic E-state index is 4.26. The minimum absolute atomic E-state index is 0. The second kappa shape index (κ2) is 7.94. The highest BCUT2D eigenvalue weighted by Gasteiger charge is 2.02. The Balaban J connectivity index is 0.00000192. The number of nitrogens with one attached hydrogen (secondary N) is 2. The average molecular weight is 332 g/mol. The minimum Gasteiger partial charge on any atom is -0.331 e. The van der Waals surface area contributed by atoms with Gasteiger partial charge >= 0.3 is 0 Å². The van der Waals surface area contributed by atoms with E-state index in [0.29, 0.717) is 0 Å². The number of aryl methyl sites for hydroxylation is 2. The lowest BCUT2D eigenvalue weighted by atomic mass is 10.1. The van der Waals surface area contributed by atoms with Gasteiger partial charge in [0.25, 0.3) is 0 Å². The molecule has 23 heavy (non-hydrogen) atoms. The Morgan fingerprint density at radius 1 is 1.17 bits per heavy atom. The van der Waals surface area contributed by atoms with Crippen molar-refractivity contribution in [1.82, 2.24) is 25.1 Å². The summed E-state index contributed by atoms with van der Waals surface area (Å²) >= 11 is 0. The van der Waals surface area contributed by atoms with Crippen molar-refractivity contribution in [3.8, 4) is 0 Å². The number of rotatable bonds is 6. The first kappa shape index (κ1) is 17.2. The normalized spacial score (nSPS) is 10.5. The van der Waals surface area contributed by atoms with Gasteiger partial charge in [0.05, 0.1) is 6.20 Å². The van der Waals surface area contributed by atoms with Crippen molar-refractivity contribution in [2.75, 3.05) is 0 Å². The molecule has 2 N–H and O–H groups in total. The largest absolute Gasteiger partial charge is 0.331 e. The zero-order chi connectivity index (χ0) is 15.4. The molecular weight excluding hydrogens is 310 g/mol. The molecule has 0 aliphatic heterocycles. The van der Waals surface area contributed by atoms with Crippen molar-refractivity contribution in [2.45, 2.75) is 33.5 Å². The molecule has 1 aromatic carbocycles. The third-order valence-corrected chi connectivity index (χ3v) is 3.85.